The van der Waals surface area contributed by atoms with Crippen molar-refractivity contribution in [3.05, 3.63) is 28.8 Å². The molecule has 20 heavy (non-hydrogen) atoms. The Bertz CT molecular complexity index is 403. The summed E-state index contributed by atoms with van der Waals surface area (Å²) in [5.74, 6) is 0.514. The molecule has 1 rings (SSSR count). The SMILES string of the molecule is COCC(C)OCC(O)COc1c(Cl)cccc1CN. The van der Waals surface area contributed by atoms with Crippen molar-refractivity contribution in [2.75, 3.05) is 26.9 Å². The number of aliphatic hydroxyl groups excluding tert-OH is 1. The lowest BCUT2D eigenvalue weighted by Crippen LogP contribution is -2.27. The van der Waals surface area contributed by atoms with Crippen molar-refractivity contribution in [3.63, 3.8) is 0 Å². The molecule has 0 saturated heterocycles. The molecule has 2 unspecified atom stereocenters. The summed E-state index contributed by atoms with van der Waals surface area (Å²) in [7, 11) is 1.60. The molecule has 114 valence electrons. The van der Waals surface area contributed by atoms with Crippen molar-refractivity contribution in [2.24, 2.45) is 5.73 Å². The second-order valence-corrected chi connectivity index (χ2v) is 4.90. The van der Waals surface area contributed by atoms with Gasteiger partial charge in [-0.2, -0.15) is 0 Å². The molecule has 0 spiro atoms. The van der Waals surface area contributed by atoms with Gasteiger partial charge in [0.05, 0.1) is 24.3 Å². The Morgan fingerprint density at radius 1 is 1.30 bits per heavy atom. The maximum Gasteiger partial charge on any atom is 0.142 e. The van der Waals surface area contributed by atoms with Gasteiger partial charge in [-0.15, -0.1) is 0 Å². The highest BCUT2D eigenvalue weighted by Gasteiger charge is 2.12. The van der Waals surface area contributed by atoms with Crippen molar-refractivity contribution in [1.82, 2.24) is 0 Å². The molecular weight excluding hydrogens is 282 g/mol. The van der Waals surface area contributed by atoms with E-state index < -0.39 is 6.10 Å². The Morgan fingerprint density at radius 2 is 2.05 bits per heavy atom. The molecule has 0 amide bonds. The van der Waals surface area contributed by atoms with E-state index in [4.69, 9.17) is 31.5 Å². The average molecular weight is 304 g/mol. The van der Waals surface area contributed by atoms with Crippen LogP contribution in [0.1, 0.15) is 12.5 Å². The number of nitrogens with two attached hydrogens (primary N) is 1. The van der Waals surface area contributed by atoms with E-state index >= 15 is 0 Å². The van der Waals surface area contributed by atoms with Crippen molar-refractivity contribution in [2.45, 2.75) is 25.7 Å². The molecule has 0 aromatic heterocycles. The summed E-state index contributed by atoms with van der Waals surface area (Å²) >= 11 is 6.05. The molecule has 0 saturated carbocycles. The Hall–Kier alpha value is -0.850. The topological polar surface area (TPSA) is 73.9 Å². The molecule has 1 aromatic rings. The zero-order chi connectivity index (χ0) is 15.0. The Balaban J connectivity index is 2.43. The van der Waals surface area contributed by atoms with Gasteiger partial charge in [-0.3, -0.25) is 0 Å². The molecule has 0 fully saturated rings. The van der Waals surface area contributed by atoms with E-state index in [1.54, 1.807) is 13.2 Å². The van der Waals surface area contributed by atoms with Gasteiger partial charge in [0.15, 0.2) is 0 Å². The lowest BCUT2D eigenvalue weighted by molar-refractivity contribution is -0.0423. The van der Waals surface area contributed by atoms with Crippen LogP contribution >= 0.6 is 11.6 Å². The number of ether oxygens (including phenoxy) is 3. The summed E-state index contributed by atoms with van der Waals surface area (Å²) in [6.45, 7) is 2.95. The molecule has 1 aromatic carbocycles. The molecule has 0 heterocycles. The summed E-state index contributed by atoms with van der Waals surface area (Å²) in [6, 6.07) is 5.37. The molecule has 0 aliphatic carbocycles. The van der Waals surface area contributed by atoms with E-state index in [1.807, 2.05) is 19.1 Å². The zero-order valence-electron chi connectivity index (χ0n) is 11.8. The number of aliphatic hydroxyl groups is 1. The largest absolute Gasteiger partial charge is 0.489 e. The third-order valence-corrected chi connectivity index (χ3v) is 2.96. The predicted molar refractivity (Wildman–Crippen MR) is 78.1 cm³/mol. The van der Waals surface area contributed by atoms with Crippen LogP contribution in [-0.2, 0) is 16.0 Å². The van der Waals surface area contributed by atoms with Crippen LogP contribution in [0.15, 0.2) is 18.2 Å². The van der Waals surface area contributed by atoms with E-state index in [0.29, 0.717) is 23.9 Å². The molecule has 2 atom stereocenters. The maximum absolute atomic E-state index is 9.82. The highest BCUT2D eigenvalue weighted by atomic mass is 35.5. The molecule has 3 N–H and O–H groups in total. The van der Waals surface area contributed by atoms with Crippen LogP contribution in [0.25, 0.3) is 0 Å². The number of hydrogen-bond donors (Lipinski definition) is 2. The van der Waals surface area contributed by atoms with E-state index in [0.717, 1.165) is 5.56 Å². The lowest BCUT2D eigenvalue weighted by Gasteiger charge is -2.18. The summed E-state index contributed by atoms with van der Waals surface area (Å²) in [5, 5.41) is 10.3. The van der Waals surface area contributed by atoms with Crippen LogP contribution in [0.5, 0.6) is 5.75 Å². The van der Waals surface area contributed by atoms with Gasteiger partial charge in [-0.1, -0.05) is 23.7 Å². The smallest absolute Gasteiger partial charge is 0.142 e. The number of hydrogen-bond acceptors (Lipinski definition) is 5. The van der Waals surface area contributed by atoms with Crippen molar-refractivity contribution in [1.29, 1.82) is 0 Å². The van der Waals surface area contributed by atoms with Crippen LogP contribution < -0.4 is 10.5 Å². The summed E-state index contributed by atoms with van der Waals surface area (Å²) < 4.78 is 15.9. The van der Waals surface area contributed by atoms with Crippen molar-refractivity contribution < 1.29 is 19.3 Å². The van der Waals surface area contributed by atoms with Crippen LogP contribution in [0.3, 0.4) is 0 Å². The van der Waals surface area contributed by atoms with Crippen LogP contribution in [0.2, 0.25) is 5.02 Å². The quantitative estimate of drug-likeness (QED) is 0.725. The van der Waals surface area contributed by atoms with E-state index in [-0.39, 0.29) is 19.3 Å². The van der Waals surface area contributed by atoms with Gasteiger partial charge in [0.25, 0.3) is 0 Å². The Labute approximate surface area is 124 Å². The van der Waals surface area contributed by atoms with Crippen molar-refractivity contribution in [3.8, 4) is 5.75 Å². The monoisotopic (exact) mass is 303 g/mol. The standard InChI is InChI=1S/C14H22ClNO4/c1-10(7-18-2)19-8-12(17)9-20-14-11(6-16)4-3-5-13(14)15/h3-5,10,12,17H,6-9,16H2,1-2H3. The fourth-order valence-electron chi connectivity index (χ4n) is 1.66. The average Bonchev–Trinajstić information content (AvgIpc) is 2.43. The first kappa shape index (κ1) is 17.2. The fourth-order valence-corrected chi connectivity index (χ4v) is 1.91. The zero-order valence-corrected chi connectivity index (χ0v) is 12.6. The van der Waals surface area contributed by atoms with Gasteiger partial charge in [-0.05, 0) is 13.0 Å². The van der Waals surface area contributed by atoms with E-state index in [9.17, 15) is 5.11 Å². The second-order valence-electron chi connectivity index (χ2n) is 4.50. The van der Waals surface area contributed by atoms with Gasteiger partial charge >= 0.3 is 0 Å². The minimum atomic E-state index is -0.740. The highest BCUT2D eigenvalue weighted by Crippen LogP contribution is 2.28. The highest BCUT2D eigenvalue weighted by molar-refractivity contribution is 6.32. The number of methoxy groups -OCH3 is 1. The molecule has 0 aliphatic heterocycles. The molecule has 0 aliphatic rings. The van der Waals surface area contributed by atoms with Gasteiger partial charge in [0, 0.05) is 19.2 Å². The summed E-state index contributed by atoms with van der Waals surface area (Å²) in [4.78, 5) is 0. The van der Waals surface area contributed by atoms with Crippen LogP contribution in [0, 0.1) is 0 Å². The minimum absolute atomic E-state index is 0.0745. The second kappa shape index (κ2) is 9.15. The third kappa shape index (κ3) is 5.64. The van der Waals surface area contributed by atoms with Gasteiger partial charge in [0.2, 0.25) is 0 Å². The number of halogens is 1. The fraction of sp³-hybridized carbons (Fsp3) is 0.571. The first-order valence-electron chi connectivity index (χ1n) is 6.47. The Morgan fingerprint density at radius 3 is 2.70 bits per heavy atom. The first-order chi connectivity index (χ1) is 9.58. The predicted octanol–water partition coefficient (Wildman–Crippen LogP) is 1.59. The lowest BCUT2D eigenvalue weighted by atomic mass is 10.2. The minimum Gasteiger partial charge on any atom is -0.489 e. The van der Waals surface area contributed by atoms with Gasteiger partial charge in [-0.25, -0.2) is 0 Å². The summed E-state index contributed by atoms with van der Waals surface area (Å²) in [6.07, 6.45) is -0.814. The third-order valence-electron chi connectivity index (χ3n) is 2.66. The Kier molecular flexibility index (Phi) is 7.87. The van der Waals surface area contributed by atoms with Crippen molar-refractivity contribution >= 4 is 11.6 Å². The van der Waals surface area contributed by atoms with Crippen LogP contribution in [-0.4, -0.2) is 44.2 Å². The summed E-state index contributed by atoms with van der Waals surface area (Å²) in [5.41, 5.74) is 6.42. The number of para-hydroxylation sites is 1. The first-order valence-corrected chi connectivity index (χ1v) is 6.85. The number of rotatable bonds is 9. The normalized spacial score (nSPS) is 14.1. The number of benzene rings is 1. The van der Waals surface area contributed by atoms with Crippen LogP contribution in [0.4, 0.5) is 0 Å². The maximum atomic E-state index is 9.82. The molecule has 0 bridgehead atoms. The van der Waals surface area contributed by atoms with Gasteiger partial charge < -0.3 is 25.1 Å². The molecule has 0 radical (unpaired) electrons. The molecule has 6 heteroatoms. The van der Waals surface area contributed by atoms with E-state index in [1.165, 1.54) is 0 Å². The molecular formula is C14H22ClNO4. The van der Waals surface area contributed by atoms with Gasteiger partial charge in [0.1, 0.15) is 18.5 Å². The van der Waals surface area contributed by atoms with E-state index in [2.05, 4.69) is 0 Å². The molecule has 5 nitrogen and oxygen atoms in total.